The molecular formula is C14H14N4O. The van der Waals surface area contributed by atoms with Crippen molar-refractivity contribution in [3.63, 3.8) is 0 Å². The van der Waals surface area contributed by atoms with Crippen molar-refractivity contribution in [3.05, 3.63) is 41.6 Å². The second kappa shape index (κ2) is 6.83. The van der Waals surface area contributed by atoms with Gasteiger partial charge in [0.05, 0.1) is 6.42 Å². The molecule has 0 atom stereocenters. The van der Waals surface area contributed by atoms with Crippen LogP contribution in [-0.4, -0.2) is 24.9 Å². The number of nitrogens with zero attached hydrogens (tertiary/aromatic N) is 3. The Balaban J connectivity index is 2.79. The highest BCUT2D eigenvalue weighted by molar-refractivity contribution is 5.78. The predicted octanol–water partition coefficient (Wildman–Crippen LogP) is 1.66. The third-order valence-electron chi connectivity index (χ3n) is 2.41. The molecule has 1 rings (SSSR count). The number of allylic oxidation sites excluding steroid dienone is 1. The van der Waals surface area contributed by atoms with E-state index in [9.17, 15) is 4.79 Å². The van der Waals surface area contributed by atoms with E-state index in [1.807, 2.05) is 18.2 Å². The molecule has 0 radical (unpaired) electrons. The monoisotopic (exact) mass is 254 g/mol. The Morgan fingerprint density at radius 2 is 2.05 bits per heavy atom. The number of likely N-dealkylation sites (N-methyl/N-ethyl adjacent to an activating group) is 1. The van der Waals surface area contributed by atoms with Crippen molar-refractivity contribution >= 4 is 11.6 Å². The van der Waals surface area contributed by atoms with Gasteiger partial charge in [-0.1, -0.05) is 12.1 Å². The summed E-state index contributed by atoms with van der Waals surface area (Å²) < 4.78 is 0. The van der Waals surface area contributed by atoms with E-state index in [-0.39, 0.29) is 11.5 Å². The van der Waals surface area contributed by atoms with Crippen molar-refractivity contribution in [2.24, 2.45) is 0 Å². The van der Waals surface area contributed by atoms with Crippen LogP contribution in [-0.2, 0) is 11.2 Å². The maximum atomic E-state index is 11.6. The number of nitrogens with one attached hydrogen (secondary N) is 1. The highest BCUT2D eigenvalue weighted by Crippen LogP contribution is 2.12. The molecular weight excluding hydrogens is 240 g/mol. The Morgan fingerprint density at radius 1 is 1.37 bits per heavy atom. The predicted molar refractivity (Wildman–Crippen MR) is 71.8 cm³/mol. The second-order valence-electron chi connectivity index (χ2n) is 4.09. The summed E-state index contributed by atoms with van der Waals surface area (Å²) in [6.07, 6.45) is 1.66. The van der Waals surface area contributed by atoms with Gasteiger partial charge >= 0.3 is 0 Å². The van der Waals surface area contributed by atoms with E-state index in [1.165, 1.54) is 11.1 Å². The van der Waals surface area contributed by atoms with Crippen LogP contribution in [0.3, 0.4) is 0 Å². The van der Waals surface area contributed by atoms with Gasteiger partial charge < -0.3 is 10.2 Å². The number of amides is 1. The van der Waals surface area contributed by atoms with E-state index in [0.29, 0.717) is 6.42 Å². The van der Waals surface area contributed by atoms with E-state index < -0.39 is 0 Å². The van der Waals surface area contributed by atoms with Crippen molar-refractivity contribution in [1.29, 1.82) is 10.5 Å². The lowest BCUT2D eigenvalue weighted by Gasteiger charge is -2.10. The molecule has 0 saturated heterocycles. The molecule has 5 nitrogen and oxygen atoms in total. The molecule has 0 bridgehead atoms. The largest absolute Gasteiger partial charge is 0.360 e. The topological polar surface area (TPSA) is 79.9 Å². The molecule has 0 heterocycles. The molecule has 0 aliphatic heterocycles. The van der Waals surface area contributed by atoms with Gasteiger partial charge in [-0.15, -0.1) is 0 Å². The van der Waals surface area contributed by atoms with Gasteiger partial charge in [0.25, 0.3) is 0 Å². The zero-order valence-corrected chi connectivity index (χ0v) is 10.8. The molecule has 1 N–H and O–H groups in total. The van der Waals surface area contributed by atoms with Gasteiger partial charge in [-0.05, 0) is 17.7 Å². The minimum Gasteiger partial charge on any atom is -0.360 e. The summed E-state index contributed by atoms with van der Waals surface area (Å²) in [5.41, 5.74) is 1.59. The van der Waals surface area contributed by atoms with Crippen molar-refractivity contribution in [1.82, 2.24) is 4.90 Å². The van der Waals surface area contributed by atoms with Gasteiger partial charge in [0.2, 0.25) is 5.91 Å². The highest BCUT2D eigenvalue weighted by Gasteiger charge is 2.05. The molecule has 1 aromatic rings. The zero-order valence-electron chi connectivity index (χ0n) is 10.8. The highest BCUT2D eigenvalue weighted by atomic mass is 16.2. The van der Waals surface area contributed by atoms with Crippen LogP contribution in [0.1, 0.15) is 5.56 Å². The van der Waals surface area contributed by atoms with E-state index >= 15 is 0 Å². The van der Waals surface area contributed by atoms with Gasteiger partial charge in [-0.3, -0.25) is 4.79 Å². The normalized spacial score (nSPS) is 8.84. The van der Waals surface area contributed by atoms with Crippen LogP contribution < -0.4 is 5.32 Å². The van der Waals surface area contributed by atoms with Crippen LogP contribution in [0.5, 0.6) is 0 Å². The Kier molecular flexibility index (Phi) is 5.13. The molecule has 19 heavy (non-hydrogen) atoms. The minimum atomic E-state index is -0.00484. The third-order valence-corrected chi connectivity index (χ3v) is 2.41. The number of carbonyl (C=O) groups is 1. The number of benzene rings is 1. The quantitative estimate of drug-likeness (QED) is 0.829. The first-order valence-electron chi connectivity index (χ1n) is 5.63. The SMILES string of the molecule is CN(C)C(=O)Cc1cccc(NC=C(C#N)C#N)c1. The molecule has 5 heteroatoms. The molecule has 0 spiro atoms. The Hall–Kier alpha value is -2.79. The summed E-state index contributed by atoms with van der Waals surface area (Å²) in [6.45, 7) is 0. The fraction of sp³-hybridized carbons (Fsp3) is 0.214. The van der Waals surface area contributed by atoms with Gasteiger partial charge in [-0.25, -0.2) is 0 Å². The van der Waals surface area contributed by atoms with Gasteiger partial charge in [0, 0.05) is 26.0 Å². The van der Waals surface area contributed by atoms with Crippen LogP contribution >= 0.6 is 0 Å². The second-order valence-corrected chi connectivity index (χ2v) is 4.09. The van der Waals surface area contributed by atoms with E-state index in [1.54, 1.807) is 32.3 Å². The van der Waals surface area contributed by atoms with Crippen molar-refractivity contribution in [2.75, 3.05) is 19.4 Å². The molecule has 0 fully saturated rings. The lowest BCUT2D eigenvalue weighted by atomic mass is 10.1. The number of nitriles is 2. The van der Waals surface area contributed by atoms with Gasteiger partial charge in [0.15, 0.2) is 0 Å². The van der Waals surface area contributed by atoms with Crippen LogP contribution in [0.4, 0.5) is 5.69 Å². The van der Waals surface area contributed by atoms with Crippen LogP contribution in [0.15, 0.2) is 36.0 Å². The fourth-order valence-electron chi connectivity index (χ4n) is 1.35. The molecule has 0 aliphatic carbocycles. The number of hydrogen-bond donors (Lipinski definition) is 1. The van der Waals surface area contributed by atoms with Crippen molar-refractivity contribution in [2.45, 2.75) is 6.42 Å². The number of rotatable bonds is 4. The zero-order chi connectivity index (χ0) is 14.3. The summed E-state index contributed by atoms with van der Waals surface area (Å²) in [5, 5.41) is 20.1. The minimum absolute atomic E-state index is 0.00484. The maximum absolute atomic E-state index is 11.6. The van der Waals surface area contributed by atoms with Crippen LogP contribution in [0.25, 0.3) is 0 Å². The number of hydrogen-bond acceptors (Lipinski definition) is 4. The third kappa shape index (κ3) is 4.53. The summed E-state index contributed by atoms with van der Waals surface area (Å²) in [5.74, 6) is 0.0161. The first-order valence-corrected chi connectivity index (χ1v) is 5.63. The van der Waals surface area contributed by atoms with Crippen molar-refractivity contribution < 1.29 is 4.79 Å². The lowest BCUT2D eigenvalue weighted by Crippen LogP contribution is -2.23. The van der Waals surface area contributed by atoms with Gasteiger partial charge in [0.1, 0.15) is 17.7 Å². The molecule has 1 aromatic carbocycles. The van der Waals surface area contributed by atoms with Gasteiger partial charge in [-0.2, -0.15) is 10.5 Å². The van der Waals surface area contributed by atoms with E-state index in [4.69, 9.17) is 10.5 Å². The molecule has 1 amide bonds. The standard InChI is InChI=1S/C14H14N4O/c1-18(2)14(19)7-11-4-3-5-13(6-11)17-10-12(8-15)9-16/h3-6,10,17H,7H2,1-2H3. The molecule has 0 saturated carbocycles. The Morgan fingerprint density at radius 3 is 2.63 bits per heavy atom. The summed E-state index contributed by atoms with van der Waals surface area (Å²) in [6, 6.07) is 10.8. The first-order chi connectivity index (χ1) is 9.06. The Bertz CT molecular complexity index is 560. The molecule has 96 valence electrons. The summed E-state index contributed by atoms with van der Waals surface area (Å²) in [4.78, 5) is 13.1. The summed E-state index contributed by atoms with van der Waals surface area (Å²) in [7, 11) is 3.42. The van der Waals surface area contributed by atoms with Crippen LogP contribution in [0.2, 0.25) is 0 Å². The van der Waals surface area contributed by atoms with E-state index in [0.717, 1.165) is 11.3 Å². The molecule has 0 aromatic heterocycles. The number of carbonyl (C=O) groups excluding carboxylic acids is 1. The van der Waals surface area contributed by atoms with Crippen LogP contribution in [0, 0.1) is 22.7 Å². The molecule has 0 unspecified atom stereocenters. The smallest absolute Gasteiger partial charge is 0.226 e. The lowest BCUT2D eigenvalue weighted by molar-refractivity contribution is -0.127. The fourth-order valence-corrected chi connectivity index (χ4v) is 1.35. The maximum Gasteiger partial charge on any atom is 0.226 e. The van der Waals surface area contributed by atoms with Crippen molar-refractivity contribution in [3.8, 4) is 12.1 Å². The average Bonchev–Trinajstić information content (AvgIpc) is 2.40. The first kappa shape index (κ1) is 14.3. The molecule has 0 aliphatic rings. The average molecular weight is 254 g/mol. The summed E-state index contributed by atoms with van der Waals surface area (Å²) >= 11 is 0. The Labute approximate surface area is 112 Å². The van der Waals surface area contributed by atoms with E-state index in [2.05, 4.69) is 5.32 Å². The number of anilines is 1.